The Labute approximate surface area is 131 Å². The van der Waals surface area contributed by atoms with Crippen LogP contribution < -0.4 is 0 Å². The summed E-state index contributed by atoms with van der Waals surface area (Å²) >= 11 is 5.58. The van der Waals surface area contributed by atoms with E-state index in [2.05, 4.69) is 28.5 Å². The van der Waals surface area contributed by atoms with Crippen LogP contribution in [0.4, 0.5) is 0 Å². The number of hydrogen-bond donors (Lipinski definition) is 1. The second-order valence-corrected chi connectivity index (χ2v) is 6.97. The zero-order valence-corrected chi connectivity index (χ0v) is 14.2. The molecule has 21 heavy (non-hydrogen) atoms. The normalized spacial score (nSPS) is 23.0. The molecule has 0 aromatic carbocycles. The van der Waals surface area contributed by atoms with Gasteiger partial charge < -0.3 is 9.55 Å². The topological polar surface area (TPSA) is 38.5 Å². The molecule has 1 saturated carbocycles. The summed E-state index contributed by atoms with van der Waals surface area (Å²) in [6.45, 7) is 5.62. The molecule has 2 heterocycles. The van der Waals surface area contributed by atoms with E-state index in [4.69, 9.17) is 12.2 Å². The number of hydrogen-bond acceptors (Lipinski definition) is 2. The molecule has 4 nitrogen and oxygen atoms in total. The van der Waals surface area contributed by atoms with Gasteiger partial charge in [0.25, 0.3) is 0 Å². The number of rotatable bonds is 4. The van der Waals surface area contributed by atoms with Crippen LogP contribution in [0, 0.1) is 16.6 Å². The third-order valence-electron chi connectivity index (χ3n) is 5.02. The first-order chi connectivity index (χ1) is 10.1. The molecular formula is C16H26N4S. The summed E-state index contributed by atoms with van der Waals surface area (Å²) in [4.78, 5) is 3.40. The molecule has 1 N–H and O–H groups in total. The molecule has 0 aliphatic heterocycles. The Balaban J connectivity index is 1.98. The third-order valence-corrected chi connectivity index (χ3v) is 5.34. The molecule has 0 bridgehead atoms. The van der Waals surface area contributed by atoms with Gasteiger partial charge in [-0.25, -0.2) is 0 Å². The number of aromatic amines is 1. The lowest BCUT2D eigenvalue weighted by atomic mass is 9.80. The SMILES string of the molecule is CCCc1nn(C)c2c1[nH]c(=S)n2CC1CCCCC1C. The lowest BCUT2D eigenvalue weighted by Crippen LogP contribution is -2.22. The zero-order chi connectivity index (χ0) is 15.0. The van der Waals surface area contributed by atoms with Crippen molar-refractivity contribution in [2.24, 2.45) is 18.9 Å². The maximum Gasteiger partial charge on any atom is 0.179 e. The summed E-state index contributed by atoms with van der Waals surface area (Å²) in [7, 11) is 2.03. The van der Waals surface area contributed by atoms with E-state index in [0.29, 0.717) is 0 Å². The minimum atomic E-state index is 0.744. The number of nitrogens with one attached hydrogen (secondary N) is 1. The van der Waals surface area contributed by atoms with Crippen molar-refractivity contribution in [2.75, 3.05) is 0 Å². The molecule has 2 aromatic heterocycles. The van der Waals surface area contributed by atoms with Crippen LogP contribution in [-0.4, -0.2) is 19.3 Å². The van der Waals surface area contributed by atoms with E-state index in [0.717, 1.165) is 47.2 Å². The van der Waals surface area contributed by atoms with E-state index in [1.54, 1.807) is 0 Å². The van der Waals surface area contributed by atoms with Gasteiger partial charge in [-0.2, -0.15) is 5.10 Å². The molecule has 1 fully saturated rings. The summed E-state index contributed by atoms with van der Waals surface area (Å²) in [6, 6.07) is 0. The van der Waals surface area contributed by atoms with Gasteiger partial charge in [-0.05, 0) is 36.9 Å². The third kappa shape index (κ3) is 2.68. The molecular weight excluding hydrogens is 280 g/mol. The van der Waals surface area contributed by atoms with Crippen molar-refractivity contribution in [3.8, 4) is 0 Å². The number of imidazole rings is 1. The Kier molecular flexibility index (Phi) is 4.20. The van der Waals surface area contributed by atoms with Gasteiger partial charge in [0.1, 0.15) is 5.52 Å². The van der Waals surface area contributed by atoms with Gasteiger partial charge in [0, 0.05) is 13.6 Å². The van der Waals surface area contributed by atoms with Gasteiger partial charge in [-0.3, -0.25) is 4.68 Å². The smallest absolute Gasteiger partial charge is 0.179 e. The van der Waals surface area contributed by atoms with Crippen LogP contribution in [0.3, 0.4) is 0 Å². The average molecular weight is 306 g/mol. The number of aryl methyl sites for hydroxylation is 2. The molecule has 0 amide bonds. The molecule has 2 unspecified atom stereocenters. The maximum atomic E-state index is 5.58. The van der Waals surface area contributed by atoms with Crippen molar-refractivity contribution in [1.82, 2.24) is 19.3 Å². The van der Waals surface area contributed by atoms with Crippen LogP contribution in [0.25, 0.3) is 11.2 Å². The highest BCUT2D eigenvalue weighted by Gasteiger charge is 2.24. The highest BCUT2D eigenvalue weighted by atomic mass is 32.1. The van der Waals surface area contributed by atoms with Crippen molar-refractivity contribution in [3.63, 3.8) is 0 Å². The molecule has 2 atom stereocenters. The number of nitrogens with zero attached hydrogens (tertiary/aromatic N) is 3. The van der Waals surface area contributed by atoms with Crippen LogP contribution >= 0.6 is 12.2 Å². The first kappa shape index (κ1) is 14.8. The van der Waals surface area contributed by atoms with Crippen molar-refractivity contribution in [1.29, 1.82) is 0 Å². The van der Waals surface area contributed by atoms with E-state index in [1.807, 2.05) is 11.7 Å². The molecule has 5 heteroatoms. The minimum absolute atomic E-state index is 0.744. The zero-order valence-electron chi connectivity index (χ0n) is 13.4. The van der Waals surface area contributed by atoms with E-state index < -0.39 is 0 Å². The minimum Gasteiger partial charge on any atom is -0.328 e. The summed E-state index contributed by atoms with van der Waals surface area (Å²) < 4.78 is 5.14. The van der Waals surface area contributed by atoms with Gasteiger partial charge in [-0.1, -0.05) is 39.5 Å². The highest BCUT2D eigenvalue weighted by molar-refractivity contribution is 7.71. The number of fused-ring (bicyclic) bond motifs is 1. The Bertz CT molecular complexity index is 678. The molecule has 3 rings (SSSR count). The summed E-state index contributed by atoms with van der Waals surface area (Å²) in [5.74, 6) is 1.54. The second-order valence-electron chi connectivity index (χ2n) is 6.58. The molecule has 1 aliphatic rings. The first-order valence-electron chi connectivity index (χ1n) is 8.26. The predicted molar refractivity (Wildman–Crippen MR) is 89.0 cm³/mol. The number of H-pyrrole nitrogens is 1. The van der Waals surface area contributed by atoms with Crippen molar-refractivity contribution < 1.29 is 0 Å². The Morgan fingerprint density at radius 1 is 1.33 bits per heavy atom. The Morgan fingerprint density at radius 3 is 2.81 bits per heavy atom. The van der Waals surface area contributed by atoms with Gasteiger partial charge in [-0.15, -0.1) is 0 Å². The van der Waals surface area contributed by atoms with Crippen LogP contribution in [0.5, 0.6) is 0 Å². The molecule has 0 spiro atoms. The first-order valence-corrected chi connectivity index (χ1v) is 8.67. The van der Waals surface area contributed by atoms with Crippen molar-refractivity contribution in [2.45, 2.75) is 58.9 Å². The lowest BCUT2D eigenvalue weighted by Gasteiger charge is -2.29. The lowest BCUT2D eigenvalue weighted by molar-refractivity contribution is 0.229. The molecule has 116 valence electrons. The van der Waals surface area contributed by atoms with Crippen LogP contribution in [0.1, 0.15) is 51.6 Å². The summed E-state index contributed by atoms with van der Waals surface area (Å²) in [6.07, 6.45) is 7.55. The molecule has 0 radical (unpaired) electrons. The quantitative estimate of drug-likeness (QED) is 0.859. The highest BCUT2D eigenvalue weighted by Crippen LogP contribution is 2.32. The number of aromatic nitrogens is 4. The van der Waals surface area contributed by atoms with E-state index in [9.17, 15) is 0 Å². The molecule has 1 aliphatic carbocycles. The van der Waals surface area contributed by atoms with E-state index in [1.165, 1.54) is 31.3 Å². The Hall–Kier alpha value is -1.10. The Morgan fingerprint density at radius 2 is 2.10 bits per heavy atom. The van der Waals surface area contributed by atoms with Crippen molar-refractivity contribution >= 4 is 23.4 Å². The fourth-order valence-corrected chi connectivity index (χ4v) is 4.02. The van der Waals surface area contributed by atoms with Gasteiger partial charge in [0.15, 0.2) is 10.4 Å². The predicted octanol–water partition coefficient (Wildman–Crippen LogP) is 4.21. The fraction of sp³-hybridized carbons (Fsp3) is 0.750. The summed E-state index contributed by atoms with van der Waals surface area (Å²) in [5.41, 5.74) is 3.46. The maximum absolute atomic E-state index is 5.58. The second kappa shape index (κ2) is 5.95. The van der Waals surface area contributed by atoms with E-state index >= 15 is 0 Å². The molecule has 2 aromatic rings. The fourth-order valence-electron chi connectivity index (χ4n) is 3.76. The van der Waals surface area contributed by atoms with Gasteiger partial charge in [0.05, 0.1) is 5.69 Å². The van der Waals surface area contributed by atoms with Gasteiger partial charge in [0.2, 0.25) is 0 Å². The van der Waals surface area contributed by atoms with Crippen LogP contribution in [0.2, 0.25) is 0 Å². The summed E-state index contributed by atoms with van der Waals surface area (Å²) in [5, 5.41) is 4.67. The monoisotopic (exact) mass is 306 g/mol. The standard InChI is InChI=1S/C16H26N4S/c1-4-7-13-14-15(19(3)18-13)20(16(21)17-14)10-12-9-6-5-8-11(12)2/h11-12H,4-10H2,1-3H3,(H,17,21). The largest absolute Gasteiger partial charge is 0.328 e. The van der Waals surface area contributed by atoms with E-state index in [-0.39, 0.29) is 0 Å². The van der Waals surface area contributed by atoms with Crippen LogP contribution in [-0.2, 0) is 20.0 Å². The van der Waals surface area contributed by atoms with Crippen molar-refractivity contribution in [3.05, 3.63) is 10.5 Å². The molecule has 0 saturated heterocycles. The average Bonchev–Trinajstić information content (AvgIpc) is 2.92. The van der Waals surface area contributed by atoms with Crippen LogP contribution in [0.15, 0.2) is 0 Å². The van der Waals surface area contributed by atoms with Gasteiger partial charge >= 0.3 is 0 Å².